The van der Waals surface area contributed by atoms with E-state index in [1.54, 1.807) is 0 Å². The Morgan fingerprint density at radius 1 is 1.13 bits per heavy atom. The van der Waals surface area contributed by atoms with E-state index < -0.39 is 16.9 Å². The number of nitrogens with zero attached hydrogens (tertiary/aromatic N) is 1. The van der Waals surface area contributed by atoms with E-state index in [9.17, 15) is 20.0 Å². The van der Waals surface area contributed by atoms with Crippen molar-refractivity contribution < 1.29 is 19.4 Å². The van der Waals surface area contributed by atoms with E-state index in [2.05, 4.69) is 61.5 Å². The standard InChI is InChI=1S/C34H55NO4/c1-12-29(3,4)15-16-31(7,28(38)39-11)17-18-33(9)22(2)24(36)19-26-32(8)20-23(21-35)27(37)30(5,6)25(32)13-14-34(26,33)10/h20,22,24-26,36H,12-19H2,1-11H3/t22?,24-,25?,26+,31-,32-,33+,34+/m0/s1. The molecule has 0 saturated heterocycles. The summed E-state index contributed by atoms with van der Waals surface area (Å²) < 4.78 is 5.35. The van der Waals surface area contributed by atoms with Crippen LogP contribution >= 0.6 is 0 Å². The molecule has 0 aliphatic heterocycles. The minimum absolute atomic E-state index is 0.0487. The van der Waals surface area contributed by atoms with Gasteiger partial charge in [-0.25, -0.2) is 0 Å². The highest BCUT2D eigenvalue weighted by Crippen LogP contribution is 2.72. The summed E-state index contributed by atoms with van der Waals surface area (Å²) in [7, 11) is 1.49. The van der Waals surface area contributed by atoms with E-state index in [1.807, 2.05) is 19.9 Å². The van der Waals surface area contributed by atoms with Crippen molar-refractivity contribution in [1.29, 1.82) is 5.26 Å². The summed E-state index contributed by atoms with van der Waals surface area (Å²) in [5.74, 6) is 0.111. The molecular formula is C34H55NO4. The maximum atomic E-state index is 13.2. The van der Waals surface area contributed by atoms with E-state index in [-0.39, 0.29) is 56.7 Å². The molecule has 0 aromatic heterocycles. The zero-order valence-corrected chi connectivity index (χ0v) is 26.7. The van der Waals surface area contributed by atoms with Crippen molar-refractivity contribution in [2.24, 2.45) is 50.2 Å². The molecule has 2 saturated carbocycles. The Kier molecular flexibility index (Phi) is 8.42. The van der Waals surface area contributed by atoms with Crippen LogP contribution in [0.1, 0.15) is 121 Å². The van der Waals surface area contributed by atoms with Crippen molar-refractivity contribution in [2.45, 2.75) is 127 Å². The van der Waals surface area contributed by atoms with E-state index in [0.717, 1.165) is 38.5 Å². The Morgan fingerprint density at radius 2 is 1.74 bits per heavy atom. The summed E-state index contributed by atoms with van der Waals surface area (Å²) in [6.45, 7) is 21.9. The lowest BCUT2D eigenvalue weighted by Gasteiger charge is -2.69. The number of rotatable bonds is 8. The lowest BCUT2D eigenvalue weighted by atomic mass is 9.35. The van der Waals surface area contributed by atoms with Crippen molar-refractivity contribution >= 4 is 11.8 Å². The average molecular weight is 542 g/mol. The molecule has 220 valence electrons. The molecule has 0 spiro atoms. The van der Waals surface area contributed by atoms with Gasteiger partial charge >= 0.3 is 5.97 Å². The van der Waals surface area contributed by atoms with Gasteiger partial charge in [-0.2, -0.15) is 5.26 Å². The first kappa shape index (κ1) is 31.9. The number of esters is 1. The Morgan fingerprint density at radius 3 is 2.28 bits per heavy atom. The van der Waals surface area contributed by atoms with Gasteiger partial charge in [0.1, 0.15) is 6.07 Å². The van der Waals surface area contributed by atoms with Crippen molar-refractivity contribution in [3.63, 3.8) is 0 Å². The second-order valence-corrected chi connectivity index (χ2v) is 15.7. The van der Waals surface area contributed by atoms with Crippen LogP contribution in [0, 0.1) is 61.6 Å². The fourth-order valence-electron chi connectivity index (χ4n) is 9.17. The number of allylic oxidation sites excluding steroid dienone is 2. The van der Waals surface area contributed by atoms with Gasteiger partial charge in [0.15, 0.2) is 5.78 Å². The number of ketones is 1. The minimum Gasteiger partial charge on any atom is -0.469 e. The molecule has 0 aromatic carbocycles. The topological polar surface area (TPSA) is 87.4 Å². The number of nitriles is 1. The molecule has 0 heterocycles. The van der Waals surface area contributed by atoms with Crippen LogP contribution in [0.2, 0.25) is 0 Å². The minimum atomic E-state index is -0.615. The van der Waals surface area contributed by atoms with Crippen molar-refractivity contribution in [3.05, 3.63) is 11.6 Å². The average Bonchev–Trinajstić information content (AvgIpc) is 2.88. The summed E-state index contributed by atoms with van der Waals surface area (Å²) in [5.41, 5.74) is -1.49. The number of carbonyl (C=O) groups is 2. The lowest BCUT2D eigenvalue weighted by molar-refractivity contribution is -0.212. The Balaban J connectivity index is 2.04. The molecule has 2 fully saturated rings. The summed E-state index contributed by atoms with van der Waals surface area (Å²) in [5, 5.41) is 21.5. The summed E-state index contributed by atoms with van der Waals surface area (Å²) in [6, 6.07) is 2.21. The molecule has 5 nitrogen and oxygen atoms in total. The largest absolute Gasteiger partial charge is 0.469 e. The number of hydrogen-bond donors (Lipinski definition) is 1. The third kappa shape index (κ3) is 4.92. The molecule has 5 heteroatoms. The highest BCUT2D eigenvalue weighted by molar-refractivity contribution is 6.04. The smallest absolute Gasteiger partial charge is 0.311 e. The molecular weight excluding hydrogens is 486 g/mol. The van der Waals surface area contributed by atoms with Crippen molar-refractivity contribution in [3.8, 4) is 6.07 Å². The van der Waals surface area contributed by atoms with Crippen molar-refractivity contribution in [2.75, 3.05) is 7.11 Å². The quantitative estimate of drug-likeness (QED) is 0.319. The normalized spacial score (nSPS) is 39.5. The molecule has 0 aromatic rings. The number of aliphatic hydroxyl groups excluding tert-OH is 1. The molecule has 0 radical (unpaired) electrons. The Hall–Kier alpha value is -1.67. The Labute approximate surface area is 238 Å². The van der Waals surface area contributed by atoms with E-state index >= 15 is 0 Å². The predicted molar refractivity (Wildman–Crippen MR) is 155 cm³/mol. The molecule has 3 aliphatic rings. The van der Waals surface area contributed by atoms with Crippen LogP contribution in [0.15, 0.2) is 11.6 Å². The fraction of sp³-hybridized carbons (Fsp3) is 0.853. The van der Waals surface area contributed by atoms with E-state index in [0.29, 0.717) is 12.8 Å². The monoisotopic (exact) mass is 541 g/mol. The van der Waals surface area contributed by atoms with Crippen LogP contribution in [0.3, 0.4) is 0 Å². The summed E-state index contributed by atoms with van der Waals surface area (Å²) in [4.78, 5) is 26.4. The number of ether oxygens (including phenoxy) is 1. The van der Waals surface area contributed by atoms with Gasteiger partial charge in [0.05, 0.1) is 24.2 Å². The molecule has 39 heavy (non-hydrogen) atoms. The fourth-order valence-corrected chi connectivity index (χ4v) is 9.17. The van der Waals surface area contributed by atoms with E-state index in [1.165, 1.54) is 7.11 Å². The van der Waals surface area contributed by atoms with E-state index in [4.69, 9.17) is 4.74 Å². The molecule has 1 N–H and O–H groups in total. The van der Waals surface area contributed by atoms with Gasteiger partial charge in [0.25, 0.3) is 0 Å². The number of methoxy groups -OCH3 is 1. The Bertz CT molecular complexity index is 1050. The molecule has 8 atom stereocenters. The number of carbonyl (C=O) groups excluding carboxylic acids is 2. The number of hydrogen-bond acceptors (Lipinski definition) is 5. The maximum absolute atomic E-state index is 13.2. The molecule has 3 aliphatic carbocycles. The first-order valence-corrected chi connectivity index (χ1v) is 15.2. The summed E-state index contributed by atoms with van der Waals surface area (Å²) >= 11 is 0. The first-order valence-electron chi connectivity index (χ1n) is 15.2. The number of aliphatic hydroxyl groups is 1. The van der Waals surface area contributed by atoms with Crippen LogP contribution < -0.4 is 0 Å². The molecule has 0 bridgehead atoms. The van der Waals surface area contributed by atoms with Gasteiger partial charge in [-0.1, -0.05) is 74.8 Å². The SMILES string of the molecule is CCC(C)(C)CC[C@@](C)(CC[C@]1(C)C(C)[C@@H](O)C[C@@H]2[C@@]3(C)C=C(C#N)C(=O)C(C)(C)C3CC[C@]21C)C(=O)OC. The van der Waals surface area contributed by atoms with Gasteiger partial charge in [-0.05, 0) is 91.3 Å². The predicted octanol–water partition coefficient (Wildman–Crippen LogP) is 7.67. The van der Waals surface area contributed by atoms with Gasteiger partial charge < -0.3 is 9.84 Å². The van der Waals surface area contributed by atoms with Crippen molar-refractivity contribution in [1.82, 2.24) is 0 Å². The third-order valence-corrected chi connectivity index (χ3v) is 13.0. The molecule has 2 unspecified atom stereocenters. The van der Waals surface area contributed by atoms with Crippen LogP contribution in [-0.4, -0.2) is 30.1 Å². The highest BCUT2D eigenvalue weighted by Gasteiger charge is 2.67. The van der Waals surface area contributed by atoms with Crippen LogP contribution in [0.4, 0.5) is 0 Å². The maximum Gasteiger partial charge on any atom is 0.311 e. The van der Waals surface area contributed by atoms with Gasteiger partial charge in [-0.3, -0.25) is 9.59 Å². The van der Waals surface area contributed by atoms with Gasteiger partial charge in [0.2, 0.25) is 0 Å². The lowest BCUT2D eigenvalue weighted by Crippen LogP contribution is -2.65. The zero-order chi connectivity index (χ0) is 29.8. The molecule has 3 rings (SSSR count). The molecule has 0 amide bonds. The third-order valence-electron chi connectivity index (χ3n) is 13.0. The van der Waals surface area contributed by atoms with Gasteiger partial charge in [-0.15, -0.1) is 0 Å². The number of fused-ring (bicyclic) bond motifs is 3. The second kappa shape index (κ2) is 10.3. The van der Waals surface area contributed by atoms with Crippen LogP contribution in [0.5, 0.6) is 0 Å². The van der Waals surface area contributed by atoms with Gasteiger partial charge in [0, 0.05) is 5.41 Å². The van der Waals surface area contributed by atoms with Crippen LogP contribution in [-0.2, 0) is 14.3 Å². The number of Topliss-reactive ketones (excluding diaryl/α,β-unsaturated/α-hetero) is 1. The summed E-state index contributed by atoms with van der Waals surface area (Å²) in [6.07, 6.45) is 8.35. The zero-order valence-electron chi connectivity index (χ0n) is 26.7. The first-order chi connectivity index (χ1) is 17.8. The van der Waals surface area contributed by atoms with Crippen LogP contribution in [0.25, 0.3) is 0 Å². The highest BCUT2D eigenvalue weighted by atomic mass is 16.5. The second-order valence-electron chi connectivity index (χ2n) is 15.7.